The molecular weight excluding hydrogens is 328 g/mol. The van der Waals surface area contributed by atoms with E-state index in [9.17, 15) is 4.79 Å². The van der Waals surface area contributed by atoms with Gasteiger partial charge in [0, 0.05) is 29.2 Å². The molecule has 0 N–H and O–H groups in total. The fourth-order valence-corrected chi connectivity index (χ4v) is 3.86. The maximum atomic E-state index is 12.7. The highest BCUT2D eigenvalue weighted by Gasteiger charge is 2.31. The standard InChI is InChI=1S/C17H23BrN2O/c1-13-5-6-14(18)11-16(13)17(21)20-10-7-15(12-20)19-8-3-2-4-9-19/h5-6,11,15H,2-4,7-10,12H2,1H3. The monoisotopic (exact) mass is 350 g/mol. The van der Waals surface area contributed by atoms with Gasteiger partial charge in [-0.15, -0.1) is 0 Å². The molecule has 1 atom stereocenters. The van der Waals surface area contributed by atoms with Gasteiger partial charge in [-0.05, 0) is 57.0 Å². The summed E-state index contributed by atoms with van der Waals surface area (Å²) in [6, 6.07) is 6.52. The van der Waals surface area contributed by atoms with Gasteiger partial charge < -0.3 is 4.90 Å². The van der Waals surface area contributed by atoms with E-state index in [1.54, 1.807) is 0 Å². The van der Waals surface area contributed by atoms with Crippen LogP contribution >= 0.6 is 15.9 Å². The summed E-state index contributed by atoms with van der Waals surface area (Å²) in [7, 11) is 0. The van der Waals surface area contributed by atoms with Gasteiger partial charge in [-0.2, -0.15) is 0 Å². The Morgan fingerprint density at radius 3 is 2.71 bits per heavy atom. The number of benzene rings is 1. The number of amides is 1. The van der Waals surface area contributed by atoms with Crippen molar-refractivity contribution in [1.82, 2.24) is 9.80 Å². The molecule has 1 aromatic carbocycles. The Balaban J connectivity index is 1.67. The average molecular weight is 351 g/mol. The van der Waals surface area contributed by atoms with Crippen LogP contribution in [0.1, 0.15) is 41.6 Å². The zero-order chi connectivity index (χ0) is 14.8. The fraction of sp³-hybridized carbons (Fsp3) is 0.588. The van der Waals surface area contributed by atoms with E-state index in [4.69, 9.17) is 0 Å². The number of piperidine rings is 1. The lowest BCUT2D eigenvalue weighted by atomic mass is 10.1. The van der Waals surface area contributed by atoms with Crippen molar-refractivity contribution in [3.05, 3.63) is 33.8 Å². The molecule has 1 unspecified atom stereocenters. The van der Waals surface area contributed by atoms with E-state index in [2.05, 4.69) is 20.8 Å². The summed E-state index contributed by atoms with van der Waals surface area (Å²) in [6.07, 6.45) is 5.12. The van der Waals surface area contributed by atoms with Crippen molar-refractivity contribution in [3.63, 3.8) is 0 Å². The first-order chi connectivity index (χ1) is 10.1. The van der Waals surface area contributed by atoms with Crippen LogP contribution in [0, 0.1) is 6.92 Å². The molecule has 1 aromatic rings. The van der Waals surface area contributed by atoms with Gasteiger partial charge in [0.25, 0.3) is 5.91 Å². The lowest BCUT2D eigenvalue weighted by Gasteiger charge is -2.32. The van der Waals surface area contributed by atoms with Crippen LogP contribution in [0.5, 0.6) is 0 Å². The summed E-state index contributed by atoms with van der Waals surface area (Å²) in [4.78, 5) is 17.4. The molecule has 0 aromatic heterocycles. The van der Waals surface area contributed by atoms with Crippen molar-refractivity contribution < 1.29 is 4.79 Å². The molecule has 0 aliphatic carbocycles. The lowest BCUT2D eigenvalue weighted by molar-refractivity contribution is 0.0770. The Morgan fingerprint density at radius 2 is 1.95 bits per heavy atom. The molecule has 2 heterocycles. The van der Waals surface area contributed by atoms with Gasteiger partial charge >= 0.3 is 0 Å². The maximum Gasteiger partial charge on any atom is 0.254 e. The quantitative estimate of drug-likeness (QED) is 0.815. The second kappa shape index (κ2) is 6.49. The van der Waals surface area contributed by atoms with Crippen LogP contribution in [0.25, 0.3) is 0 Å². The second-order valence-electron chi connectivity index (χ2n) is 6.25. The highest BCUT2D eigenvalue weighted by molar-refractivity contribution is 9.10. The SMILES string of the molecule is Cc1ccc(Br)cc1C(=O)N1CCC(N2CCCCC2)C1. The normalized spacial score (nSPS) is 23.5. The second-order valence-corrected chi connectivity index (χ2v) is 7.17. The molecule has 2 saturated heterocycles. The Kier molecular flexibility index (Phi) is 4.65. The smallest absolute Gasteiger partial charge is 0.254 e. The Morgan fingerprint density at radius 1 is 1.19 bits per heavy atom. The van der Waals surface area contributed by atoms with E-state index in [1.807, 2.05) is 30.0 Å². The number of halogens is 1. The number of likely N-dealkylation sites (tertiary alicyclic amines) is 2. The number of carbonyl (C=O) groups is 1. The first kappa shape index (κ1) is 15.0. The third kappa shape index (κ3) is 3.32. The van der Waals surface area contributed by atoms with Gasteiger partial charge in [0.2, 0.25) is 0 Å². The van der Waals surface area contributed by atoms with Crippen LogP contribution in [0.3, 0.4) is 0 Å². The summed E-state index contributed by atoms with van der Waals surface area (Å²) in [6.45, 7) is 6.22. The third-order valence-corrected chi connectivity index (χ3v) is 5.28. The van der Waals surface area contributed by atoms with Gasteiger partial charge in [-0.1, -0.05) is 28.4 Å². The largest absolute Gasteiger partial charge is 0.337 e. The number of aryl methyl sites for hydroxylation is 1. The van der Waals surface area contributed by atoms with Crippen molar-refractivity contribution >= 4 is 21.8 Å². The van der Waals surface area contributed by atoms with Crippen molar-refractivity contribution in [3.8, 4) is 0 Å². The fourth-order valence-electron chi connectivity index (χ4n) is 3.50. The Labute approximate surface area is 135 Å². The minimum Gasteiger partial charge on any atom is -0.337 e. The molecule has 4 heteroatoms. The van der Waals surface area contributed by atoms with E-state index in [0.717, 1.165) is 35.1 Å². The predicted octanol–water partition coefficient (Wildman–Crippen LogP) is 3.46. The number of rotatable bonds is 2. The molecule has 3 nitrogen and oxygen atoms in total. The van der Waals surface area contributed by atoms with Crippen molar-refractivity contribution in [2.45, 2.75) is 38.6 Å². The molecule has 3 rings (SSSR count). The molecule has 0 saturated carbocycles. The van der Waals surface area contributed by atoms with Crippen molar-refractivity contribution in [1.29, 1.82) is 0 Å². The first-order valence-electron chi connectivity index (χ1n) is 7.94. The van der Waals surface area contributed by atoms with Crippen LogP contribution < -0.4 is 0 Å². The van der Waals surface area contributed by atoms with Gasteiger partial charge in [-0.3, -0.25) is 9.69 Å². The number of hydrogen-bond acceptors (Lipinski definition) is 2. The molecular formula is C17H23BrN2O. The van der Waals surface area contributed by atoms with E-state index in [1.165, 1.54) is 32.4 Å². The number of nitrogens with zero attached hydrogens (tertiary/aromatic N) is 2. The van der Waals surface area contributed by atoms with Crippen LogP contribution in [0.15, 0.2) is 22.7 Å². The summed E-state index contributed by atoms with van der Waals surface area (Å²) < 4.78 is 0.975. The topological polar surface area (TPSA) is 23.6 Å². The highest BCUT2D eigenvalue weighted by Crippen LogP contribution is 2.23. The molecule has 0 bridgehead atoms. The zero-order valence-electron chi connectivity index (χ0n) is 12.6. The molecule has 0 spiro atoms. The van der Waals surface area contributed by atoms with Gasteiger partial charge in [0.1, 0.15) is 0 Å². The summed E-state index contributed by atoms with van der Waals surface area (Å²) in [5.41, 5.74) is 1.90. The minimum atomic E-state index is 0.188. The van der Waals surface area contributed by atoms with E-state index >= 15 is 0 Å². The molecule has 114 valence electrons. The molecule has 21 heavy (non-hydrogen) atoms. The minimum absolute atomic E-state index is 0.188. The summed E-state index contributed by atoms with van der Waals surface area (Å²) >= 11 is 3.47. The third-order valence-electron chi connectivity index (χ3n) is 4.79. The van der Waals surface area contributed by atoms with Crippen molar-refractivity contribution in [2.24, 2.45) is 0 Å². The van der Waals surface area contributed by atoms with Crippen LogP contribution in [-0.4, -0.2) is 47.9 Å². The average Bonchev–Trinajstić information content (AvgIpc) is 3.00. The zero-order valence-corrected chi connectivity index (χ0v) is 14.2. The number of carbonyl (C=O) groups excluding carboxylic acids is 1. The maximum absolute atomic E-state index is 12.7. The molecule has 2 aliphatic heterocycles. The predicted molar refractivity (Wildman–Crippen MR) is 88.6 cm³/mol. The summed E-state index contributed by atoms with van der Waals surface area (Å²) in [5, 5.41) is 0. The molecule has 2 aliphatic rings. The van der Waals surface area contributed by atoms with Crippen LogP contribution in [0.2, 0.25) is 0 Å². The van der Waals surface area contributed by atoms with E-state index in [0.29, 0.717) is 6.04 Å². The number of hydrogen-bond donors (Lipinski definition) is 0. The highest BCUT2D eigenvalue weighted by atomic mass is 79.9. The van der Waals surface area contributed by atoms with E-state index < -0.39 is 0 Å². The molecule has 2 fully saturated rings. The Bertz CT molecular complexity index is 526. The summed E-state index contributed by atoms with van der Waals surface area (Å²) in [5.74, 6) is 0.188. The van der Waals surface area contributed by atoms with Gasteiger partial charge in [0.05, 0.1) is 0 Å². The van der Waals surface area contributed by atoms with Crippen LogP contribution in [-0.2, 0) is 0 Å². The molecule has 1 amide bonds. The Hall–Kier alpha value is -0.870. The lowest BCUT2D eigenvalue weighted by Crippen LogP contribution is -2.41. The van der Waals surface area contributed by atoms with Crippen molar-refractivity contribution in [2.75, 3.05) is 26.2 Å². The van der Waals surface area contributed by atoms with Crippen LogP contribution in [0.4, 0.5) is 0 Å². The van der Waals surface area contributed by atoms with Gasteiger partial charge in [-0.25, -0.2) is 0 Å². The van der Waals surface area contributed by atoms with E-state index in [-0.39, 0.29) is 5.91 Å². The van der Waals surface area contributed by atoms with Gasteiger partial charge in [0.15, 0.2) is 0 Å². The molecule has 0 radical (unpaired) electrons. The first-order valence-corrected chi connectivity index (χ1v) is 8.74.